The number of aliphatic carboxylic acids is 1. The van der Waals surface area contributed by atoms with E-state index in [2.05, 4.69) is 33.4 Å². The molecule has 9 nitrogen and oxygen atoms in total. The van der Waals surface area contributed by atoms with Crippen molar-refractivity contribution in [2.24, 2.45) is 5.92 Å². The second-order valence-electron chi connectivity index (χ2n) is 10.5. The van der Waals surface area contributed by atoms with Gasteiger partial charge >= 0.3 is 5.97 Å². The average Bonchev–Trinajstić information content (AvgIpc) is 2.85. The maximum atomic E-state index is 13.4. The minimum atomic E-state index is -3.98. The van der Waals surface area contributed by atoms with Crippen LogP contribution in [0.1, 0.15) is 49.8 Å². The Morgan fingerprint density at radius 1 is 1.13 bits per heavy atom. The van der Waals surface area contributed by atoms with Gasteiger partial charge in [-0.2, -0.15) is 4.98 Å². The first-order valence-corrected chi connectivity index (χ1v) is 14.7. The Kier molecular flexibility index (Phi) is 8.87. The fourth-order valence-electron chi connectivity index (χ4n) is 4.99. The molecule has 1 aliphatic heterocycles. The van der Waals surface area contributed by atoms with Crippen molar-refractivity contribution in [3.8, 4) is 17.1 Å². The molecule has 0 aliphatic carbocycles. The van der Waals surface area contributed by atoms with Crippen molar-refractivity contribution in [2.45, 2.75) is 64.4 Å². The van der Waals surface area contributed by atoms with Gasteiger partial charge in [0.15, 0.2) is 0 Å². The highest BCUT2D eigenvalue weighted by molar-refractivity contribution is 7.92. The second-order valence-corrected chi connectivity index (χ2v) is 12.2. The molecule has 1 atom stereocenters. The fourth-order valence-corrected chi connectivity index (χ4v) is 6.00. The van der Waals surface area contributed by atoms with Crippen LogP contribution in [-0.4, -0.2) is 53.6 Å². The van der Waals surface area contributed by atoms with E-state index in [1.54, 1.807) is 24.3 Å². The Morgan fingerprint density at radius 2 is 1.85 bits per heavy atom. The summed E-state index contributed by atoms with van der Waals surface area (Å²) in [5, 5.41) is 9.21. The molecule has 0 radical (unpaired) electrons. The monoisotopic (exact) mass is 552 g/mol. The third-order valence-corrected chi connectivity index (χ3v) is 8.11. The summed E-state index contributed by atoms with van der Waals surface area (Å²) in [5.74, 6) is -0.279. The molecule has 0 fully saturated rings. The molecule has 2 N–H and O–H groups in total. The predicted octanol–water partition coefficient (Wildman–Crippen LogP) is 5.04. The number of nitrogens with one attached hydrogen (secondary N) is 1. The lowest BCUT2D eigenvalue weighted by molar-refractivity contribution is -0.137. The van der Waals surface area contributed by atoms with Crippen LogP contribution in [0, 0.1) is 19.8 Å². The van der Waals surface area contributed by atoms with Crippen molar-refractivity contribution in [1.29, 1.82) is 0 Å². The largest absolute Gasteiger partial charge is 0.481 e. The Hall–Kier alpha value is -3.50. The van der Waals surface area contributed by atoms with Gasteiger partial charge in [0, 0.05) is 30.6 Å². The summed E-state index contributed by atoms with van der Waals surface area (Å²) in [6, 6.07) is 14.4. The molecular weight excluding hydrogens is 516 g/mol. The number of carbonyl (C=O) groups is 1. The van der Waals surface area contributed by atoms with Gasteiger partial charge in [-0.05, 0) is 68.0 Å². The Balaban J connectivity index is 1.82. The minimum absolute atomic E-state index is 0.0465. The number of anilines is 1. The lowest BCUT2D eigenvalue weighted by Gasteiger charge is -2.33. The molecule has 2 heterocycles. The van der Waals surface area contributed by atoms with Crippen molar-refractivity contribution in [2.75, 3.05) is 17.9 Å². The Morgan fingerprint density at radius 3 is 2.54 bits per heavy atom. The molecule has 0 amide bonds. The molecule has 208 valence electrons. The van der Waals surface area contributed by atoms with Crippen LogP contribution in [0.3, 0.4) is 0 Å². The highest BCUT2D eigenvalue weighted by atomic mass is 32.2. The number of aromatic nitrogens is 2. The fraction of sp³-hybridized carbons (Fsp3) is 0.414. The van der Waals surface area contributed by atoms with Crippen LogP contribution in [0.2, 0.25) is 0 Å². The zero-order valence-corrected chi connectivity index (χ0v) is 23.7. The highest BCUT2D eigenvalue weighted by Crippen LogP contribution is 2.30. The number of rotatable bonds is 7. The minimum Gasteiger partial charge on any atom is -0.481 e. The average molecular weight is 553 g/mol. The second kappa shape index (κ2) is 12.1. The lowest BCUT2D eigenvalue weighted by atomic mass is 10.00. The molecule has 0 saturated carbocycles. The molecule has 4 bridgehead atoms. The van der Waals surface area contributed by atoms with Gasteiger partial charge < -0.3 is 9.84 Å². The third kappa shape index (κ3) is 7.33. The van der Waals surface area contributed by atoms with Crippen molar-refractivity contribution < 1.29 is 23.1 Å². The zero-order valence-electron chi connectivity index (χ0n) is 22.8. The number of benzene rings is 2. The van der Waals surface area contributed by atoms with Crippen LogP contribution in [0.5, 0.6) is 5.88 Å². The van der Waals surface area contributed by atoms with Gasteiger partial charge in [0.2, 0.25) is 11.8 Å². The van der Waals surface area contributed by atoms with Crippen LogP contribution >= 0.6 is 0 Å². The molecular formula is C29H36N4O5S. The molecule has 0 saturated heterocycles. The Labute approximate surface area is 230 Å². The van der Waals surface area contributed by atoms with E-state index in [0.29, 0.717) is 37.7 Å². The summed E-state index contributed by atoms with van der Waals surface area (Å²) in [4.78, 5) is 22.5. The van der Waals surface area contributed by atoms with E-state index < -0.39 is 16.0 Å². The zero-order chi connectivity index (χ0) is 28.2. The molecule has 10 heteroatoms. The molecule has 1 aliphatic rings. The number of aryl methyl sites for hydroxylation is 2. The van der Waals surface area contributed by atoms with E-state index >= 15 is 0 Å². The highest BCUT2D eigenvalue weighted by Gasteiger charge is 2.25. The topological polar surface area (TPSA) is 122 Å². The van der Waals surface area contributed by atoms with Crippen LogP contribution in [-0.2, 0) is 21.4 Å². The summed E-state index contributed by atoms with van der Waals surface area (Å²) >= 11 is 0. The van der Waals surface area contributed by atoms with Gasteiger partial charge in [-0.15, -0.1) is 0 Å². The standard InChI is InChI=1S/C29H36N4O5S/c1-19(2)14-23-18-38-26-16-25(28-20(3)8-5-9-21(28)4)30-29(31-26)32-39(36,37)24-11-6-10-22(15-24)17-33(23)13-7-12-27(34)35/h5-6,8-11,15-16,19,23H,7,12-14,17-18H2,1-4H3,(H,34,35)(H,30,31,32)/t23-/m1/s1. The first kappa shape index (κ1) is 28.5. The van der Waals surface area contributed by atoms with E-state index in [1.165, 1.54) is 0 Å². The van der Waals surface area contributed by atoms with Crippen molar-refractivity contribution >= 4 is 21.9 Å². The van der Waals surface area contributed by atoms with Crippen molar-refractivity contribution in [3.05, 3.63) is 65.2 Å². The molecule has 39 heavy (non-hydrogen) atoms. The number of ether oxygens (including phenoxy) is 1. The molecule has 1 aromatic heterocycles. The SMILES string of the molecule is Cc1cccc(C)c1-c1cc2nc(n1)NS(=O)(=O)c1cccc(c1)CN(CCCC(=O)O)[C@H](CC(C)C)CO2. The Bertz CT molecular complexity index is 1420. The van der Waals surface area contributed by atoms with E-state index in [4.69, 9.17) is 4.74 Å². The van der Waals surface area contributed by atoms with E-state index in [9.17, 15) is 18.3 Å². The van der Waals surface area contributed by atoms with Gasteiger partial charge in [0.25, 0.3) is 10.0 Å². The van der Waals surface area contributed by atoms with Crippen LogP contribution in [0.15, 0.2) is 53.4 Å². The number of carboxylic acid groups (broad SMARTS) is 1. The predicted molar refractivity (Wildman–Crippen MR) is 150 cm³/mol. The maximum absolute atomic E-state index is 13.4. The first-order chi connectivity index (χ1) is 18.5. The third-order valence-electron chi connectivity index (χ3n) is 6.78. The number of carboxylic acids is 1. The summed E-state index contributed by atoms with van der Waals surface area (Å²) in [7, 11) is -3.98. The number of nitrogens with zero attached hydrogens (tertiary/aromatic N) is 3. The van der Waals surface area contributed by atoms with Crippen molar-refractivity contribution in [3.63, 3.8) is 0 Å². The molecule has 0 spiro atoms. The maximum Gasteiger partial charge on any atom is 0.303 e. The van der Waals surface area contributed by atoms with Crippen molar-refractivity contribution in [1.82, 2.24) is 14.9 Å². The number of fused-ring (bicyclic) bond motifs is 4. The normalized spacial score (nSPS) is 17.3. The summed E-state index contributed by atoms with van der Waals surface area (Å²) in [6.45, 7) is 9.53. The first-order valence-electron chi connectivity index (χ1n) is 13.2. The van der Waals surface area contributed by atoms with E-state index in [0.717, 1.165) is 28.7 Å². The quantitative estimate of drug-likeness (QED) is 0.418. The van der Waals surface area contributed by atoms with Gasteiger partial charge in [-0.25, -0.2) is 18.1 Å². The number of hydrogen-bond donors (Lipinski definition) is 2. The number of hydrogen-bond acceptors (Lipinski definition) is 7. The molecule has 0 unspecified atom stereocenters. The van der Waals surface area contributed by atoms with Gasteiger partial charge in [0.05, 0.1) is 10.6 Å². The van der Waals surface area contributed by atoms with E-state index in [1.807, 2.05) is 38.1 Å². The smallest absolute Gasteiger partial charge is 0.303 e. The summed E-state index contributed by atoms with van der Waals surface area (Å²) < 4.78 is 35.6. The molecule has 3 aromatic rings. The van der Waals surface area contributed by atoms with Gasteiger partial charge in [0.1, 0.15) is 6.61 Å². The summed E-state index contributed by atoms with van der Waals surface area (Å²) in [5.41, 5.74) is 4.27. The molecule has 2 aromatic carbocycles. The van der Waals surface area contributed by atoms with Crippen LogP contribution in [0.25, 0.3) is 11.3 Å². The van der Waals surface area contributed by atoms with Crippen LogP contribution in [0.4, 0.5) is 5.95 Å². The number of sulfonamides is 1. The lowest BCUT2D eigenvalue weighted by Crippen LogP contribution is -2.41. The van der Waals surface area contributed by atoms with Gasteiger partial charge in [-0.3, -0.25) is 9.69 Å². The van der Waals surface area contributed by atoms with Crippen LogP contribution < -0.4 is 9.46 Å². The molecule has 4 rings (SSSR count). The van der Waals surface area contributed by atoms with E-state index in [-0.39, 0.29) is 29.2 Å². The van der Waals surface area contributed by atoms with Gasteiger partial charge in [-0.1, -0.05) is 44.2 Å². The summed E-state index contributed by atoms with van der Waals surface area (Å²) in [6.07, 6.45) is 1.33.